The molecule has 1 aromatic rings. The Balaban J connectivity index is 3.37. The van der Waals surface area contributed by atoms with Crippen LogP contribution in [0.15, 0.2) is 6.07 Å². The Morgan fingerprint density at radius 1 is 1.38 bits per heavy atom. The molecule has 1 aromatic carbocycles. The maximum absolute atomic E-state index is 8.71. The molecule has 0 bridgehead atoms. The summed E-state index contributed by atoms with van der Waals surface area (Å²) < 4.78 is 5.42. The summed E-state index contributed by atoms with van der Waals surface area (Å²) in [5.74, 6) is 0.820. The normalized spacial score (nSPS) is 12.0. The van der Waals surface area contributed by atoms with Crippen LogP contribution in [0.25, 0.3) is 0 Å². The molecule has 3 heteroatoms. The van der Waals surface area contributed by atoms with Gasteiger partial charge in [-0.2, -0.15) is 5.26 Å². The highest BCUT2D eigenvalue weighted by molar-refractivity contribution is 5.51. The monoisotopic (exact) mass is 218 g/mol. The molecular formula is C13H18N2O. The van der Waals surface area contributed by atoms with E-state index >= 15 is 0 Å². The fourth-order valence-corrected chi connectivity index (χ4v) is 2.00. The molecule has 0 saturated heterocycles. The van der Waals surface area contributed by atoms with Gasteiger partial charge in [0.1, 0.15) is 5.75 Å². The third kappa shape index (κ3) is 2.17. The number of nitrogens with zero attached hydrogens (tertiary/aromatic N) is 1. The Bertz CT molecular complexity index is 433. The first-order valence-corrected chi connectivity index (χ1v) is 5.30. The van der Waals surface area contributed by atoms with Gasteiger partial charge in [-0.3, -0.25) is 0 Å². The summed E-state index contributed by atoms with van der Waals surface area (Å²) in [6.07, 6.45) is 0.305. The number of benzene rings is 1. The number of hydrogen-bond acceptors (Lipinski definition) is 3. The molecule has 0 aromatic heterocycles. The molecule has 16 heavy (non-hydrogen) atoms. The van der Waals surface area contributed by atoms with Crippen LogP contribution in [0.5, 0.6) is 5.75 Å². The highest BCUT2D eigenvalue weighted by Gasteiger charge is 2.17. The van der Waals surface area contributed by atoms with Crippen LogP contribution in [0, 0.1) is 32.1 Å². The van der Waals surface area contributed by atoms with Crippen LogP contribution in [0.4, 0.5) is 0 Å². The molecule has 0 aliphatic rings. The Hall–Kier alpha value is -1.53. The van der Waals surface area contributed by atoms with E-state index in [0.29, 0.717) is 6.42 Å². The lowest BCUT2D eigenvalue weighted by Gasteiger charge is -2.19. The van der Waals surface area contributed by atoms with E-state index in [1.807, 2.05) is 20.8 Å². The van der Waals surface area contributed by atoms with Crippen LogP contribution in [-0.4, -0.2) is 7.11 Å². The van der Waals surface area contributed by atoms with E-state index in [9.17, 15) is 0 Å². The minimum Gasteiger partial charge on any atom is -0.496 e. The number of nitrogens with two attached hydrogens (primary N) is 1. The summed E-state index contributed by atoms with van der Waals surface area (Å²) in [5.41, 5.74) is 10.3. The van der Waals surface area contributed by atoms with Gasteiger partial charge in [0.25, 0.3) is 0 Å². The van der Waals surface area contributed by atoms with Crippen molar-refractivity contribution >= 4 is 0 Å². The molecule has 0 spiro atoms. The van der Waals surface area contributed by atoms with Crippen molar-refractivity contribution in [3.63, 3.8) is 0 Å². The third-order valence-corrected chi connectivity index (χ3v) is 2.92. The summed E-state index contributed by atoms with van der Waals surface area (Å²) in [6, 6.07) is 3.91. The van der Waals surface area contributed by atoms with Crippen LogP contribution in [0.1, 0.15) is 34.7 Å². The maximum atomic E-state index is 8.71. The van der Waals surface area contributed by atoms with Crippen molar-refractivity contribution < 1.29 is 4.74 Å². The van der Waals surface area contributed by atoms with Gasteiger partial charge in [0.2, 0.25) is 0 Å². The predicted molar refractivity (Wildman–Crippen MR) is 64.4 cm³/mol. The smallest absolute Gasteiger partial charge is 0.127 e. The lowest BCUT2D eigenvalue weighted by molar-refractivity contribution is 0.401. The third-order valence-electron chi connectivity index (χ3n) is 2.92. The van der Waals surface area contributed by atoms with E-state index in [4.69, 9.17) is 15.7 Å². The summed E-state index contributed by atoms with van der Waals surface area (Å²) in [5, 5.41) is 8.71. The fraction of sp³-hybridized carbons (Fsp3) is 0.462. The van der Waals surface area contributed by atoms with Gasteiger partial charge in [0, 0.05) is 11.6 Å². The van der Waals surface area contributed by atoms with Gasteiger partial charge < -0.3 is 10.5 Å². The van der Waals surface area contributed by atoms with Crippen molar-refractivity contribution in [3.05, 3.63) is 28.3 Å². The first kappa shape index (κ1) is 12.5. The summed E-state index contributed by atoms with van der Waals surface area (Å²) >= 11 is 0. The van der Waals surface area contributed by atoms with Crippen molar-refractivity contribution in [3.8, 4) is 11.8 Å². The molecule has 0 radical (unpaired) electrons. The molecule has 0 fully saturated rings. The Kier molecular flexibility index (Phi) is 3.92. The van der Waals surface area contributed by atoms with E-state index in [0.717, 1.165) is 22.4 Å². The second-order valence-electron chi connectivity index (χ2n) is 4.05. The topological polar surface area (TPSA) is 59.0 Å². The molecule has 1 atom stereocenters. The standard InChI is InChI=1S/C13H18N2O/c1-8-7-9(2)12(11(15)5-6-14)13(16-4)10(8)3/h7,11H,5,15H2,1-4H3. The Morgan fingerprint density at radius 3 is 2.50 bits per heavy atom. The van der Waals surface area contributed by atoms with Crippen molar-refractivity contribution in [1.82, 2.24) is 0 Å². The van der Waals surface area contributed by atoms with Crippen molar-refractivity contribution in [2.75, 3.05) is 7.11 Å². The van der Waals surface area contributed by atoms with Gasteiger partial charge in [0.15, 0.2) is 0 Å². The molecule has 0 aliphatic heterocycles. The Labute approximate surface area is 96.8 Å². The van der Waals surface area contributed by atoms with E-state index in [2.05, 4.69) is 12.1 Å². The minimum absolute atomic E-state index is 0.278. The van der Waals surface area contributed by atoms with Crippen LogP contribution < -0.4 is 10.5 Å². The zero-order valence-corrected chi connectivity index (χ0v) is 10.3. The molecule has 0 saturated carbocycles. The number of methoxy groups -OCH3 is 1. The average molecular weight is 218 g/mol. The minimum atomic E-state index is -0.278. The lowest BCUT2D eigenvalue weighted by atomic mass is 9.93. The molecule has 0 amide bonds. The second kappa shape index (κ2) is 5.00. The van der Waals surface area contributed by atoms with Crippen LogP contribution in [-0.2, 0) is 0 Å². The average Bonchev–Trinajstić information content (AvgIpc) is 2.23. The zero-order valence-electron chi connectivity index (χ0n) is 10.3. The zero-order chi connectivity index (χ0) is 12.3. The highest BCUT2D eigenvalue weighted by atomic mass is 16.5. The van der Waals surface area contributed by atoms with Crippen molar-refractivity contribution in [1.29, 1.82) is 5.26 Å². The Morgan fingerprint density at radius 2 is 2.00 bits per heavy atom. The summed E-state index contributed by atoms with van der Waals surface area (Å²) in [7, 11) is 1.64. The molecule has 2 N–H and O–H groups in total. The second-order valence-corrected chi connectivity index (χ2v) is 4.05. The van der Waals surface area contributed by atoms with Gasteiger partial charge in [-0.25, -0.2) is 0 Å². The van der Waals surface area contributed by atoms with Gasteiger partial charge in [-0.1, -0.05) is 6.07 Å². The molecule has 1 unspecified atom stereocenters. The van der Waals surface area contributed by atoms with Gasteiger partial charge in [-0.05, 0) is 37.5 Å². The number of nitriles is 1. The molecule has 86 valence electrons. The first-order valence-electron chi connectivity index (χ1n) is 5.30. The molecular weight excluding hydrogens is 200 g/mol. The highest BCUT2D eigenvalue weighted by Crippen LogP contribution is 2.34. The van der Waals surface area contributed by atoms with E-state index < -0.39 is 0 Å². The van der Waals surface area contributed by atoms with Gasteiger partial charge >= 0.3 is 0 Å². The number of aryl methyl sites for hydroxylation is 2. The SMILES string of the molecule is COc1c(C)c(C)cc(C)c1C(N)CC#N. The molecule has 0 heterocycles. The summed E-state index contributed by atoms with van der Waals surface area (Å²) in [6.45, 7) is 6.06. The van der Waals surface area contributed by atoms with E-state index in [1.54, 1.807) is 7.11 Å². The van der Waals surface area contributed by atoms with Crippen molar-refractivity contribution in [2.24, 2.45) is 5.73 Å². The van der Waals surface area contributed by atoms with E-state index in [-0.39, 0.29) is 6.04 Å². The lowest BCUT2D eigenvalue weighted by Crippen LogP contribution is -2.13. The predicted octanol–water partition coefficient (Wildman–Crippen LogP) is 2.53. The quantitative estimate of drug-likeness (QED) is 0.848. The molecule has 3 nitrogen and oxygen atoms in total. The fourth-order valence-electron chi connectivity index (χ4n) is 2.00. The number of hydrogen-bond donors (Lipinski definition) is 1. The van der Waals surface area contributed by atoms with Crippen LogP contribution in [0.3, 0.4) is 0 Å². The largest absolute Gasteiger partial charge is 0.496 e. The maximum Gasteiger partial charge on any atom is 0.127 e. The van der Waals surface area contributed by atoms with Gasteiger partial charge in [0.05, 0.1) is 19.6 Å². The first-order chi connectivity index (χ1) is 7.52. The number of ether oxygens (including phenoxy) is 1. The van der Waals surface area contributed by atoms with E-state index in [1.165, 1.54) is 5.56 Å². The van der Waals surface area contributed by atoms with Crippen LogP contribution in [0.2, 0.25) is 0 Å². The van der Waals surface area contributed by atoms with Crippen molar-refractivity contribution in [2.45, 2.75) is 33.2 Å². The number of rotatable bonds is 3. The molecule has 1 rings (SSSR count). The van der Waals surface area contributed by atoms with Crippen LogP contribution >= 0.6 is 0 Å². The summed E-state index contributed by atoms with van der Waals surface area (Å²) in [4.78, 5) is 0. The molecule has 0 aliphatic carbocycles. The van der Waals surface area contributed by atoms with Gasteiger partial charge in [-0.15, -0.1) is 0 Å².